The van der Waals surface area contributed by atoms with Crippen molar-refractivity contribution >= 4 is 0 Å². The van der Waals surface area contributed by atoms with Gasteiger partial charge in [-0.1, -0.05) is 87.3 Å². The quantitative estimate of drug-likeness (QED) is 0.477. The van der Waals surface area contributed by atoms with E-state index in [1.807, 2.05) is 0 Å². The number of hydrogen-bond acceptors (Lipinski definition) is 2. The number of hydrogen-bond donors (Lipinski definition) is 2. The molecular weight excluding hydrogens is 392 g/mol. The highest BCUT2D eigenvalue weighted by Gasteiger charge is 2.28. The van der Waals surface area contributed by atoms with Gasteiger partial charge in [-0.3, -0.25) is 0 Å². The molecule has 0 atom stereocenters. The highest BCUT2D eigenvalue weighted by atomic mass is 16.3. The van der Waals surface area contributed by atoms with Gasteiger partial charge in [-0.2, -0.15) is 0 Å². The van der Waals surface area contributed by atoms with Crippen LogP contribution in [0.1, 0.15) is 135 Å². The van der Waals surface area contributed by atoms with Crippen molar-refractivity contribution in [2.24, 2.45) is 0 Å². The van der Waals surface area contributed by atoms with Crippen LogP contribution in [0.15, 0.2) is 24.3 Å². The van der Waals surface area contributed by atoms with Gasteiger partial charge in [-0.25, -0.2) is 0 Å². The van der Waals surface area contributed by atoms with E-state index in [0.717, 1.165) is 35.1 Å². The van der Waals surface area contributed by atoms with Crippen LogP contribution in [0.5, 0.6) is 11.5 Å². The first-order chi connectivity index (χ1) is 15.5. The van der Waals surface area contributed by atoms with E-state index in [4.69, 9.17) is 0 Å². The summed E-state index contributed by atoms with van der Waals surface area (Å²) in [5.74, 6) is 1.94. The maximum absolute atomic E-state index is 11.5. The number of aromatic hydroxyl groups is 2. The van der Waals surface area contributed by atoms with E-state index in [-0.39, 0.29) is 5.92 Å². The Morgan fingerprint density at radius 1 is 0.688 bits per heavy atom. The number of rotatable bonds is 6. The smallest absolute Gasteiger partial charge is 0.122 e. The van der Waals surface area contributed by atoms with Crippen molar-refractivity contribution in [2.75, 3.05) is 0 Å². The highest BCUT2D eigenvalue weighted by molar-refractivity contribution is 5.55. The second-order valence-electron chi connectivity index (χ2n) is 10.6. The molecular formula is C30H42O2. The molecule has 0 aliphatic heterocycles. The molecule has 174 valence electrons. The molecule has 0 saturated heterocycles. The third-order valence-corrected chi connectivity index (χ3v) is 8.04. The van der Waals surface area contributed by atoms with Gasteiger partial charge in [0.05, 0.1) is 0 Å². The monoisotopic (exact) mass is 434 g/mol. The van der Waals surface area contributed by atoms with E-state index in [9.17, 15) is 10.2 Å². The second kappa shape index (κ2) is 10.3. The molecule has 0 unspecified atom stereocenters. The summed E-state index contributed by atoms with van der Waals surface area (Å²) in [6.07, 6.45) is 14.3. The molecule has 2 aliphatic rings. The largest absolute Gasteiger partial charge is 0.507 e. The molecule has 4 rings (SSSR count). The zero-order valence-corrected chi connectivity index (χ0v) is 20.4. The van der Waals surface area contributed by atoms with Crippen LogP contribution in [0.4, 0.5) is 0 Å². The van der Waals surface area contributed by atoms with E-state index < -0.39 is 0 Å². The van der Waals surface area contributed by atoms with Crippen LogP contribution in [0.2, 0.25) is 0 Å². The van der Waals surface area contributed by atoms with Gasteiger partial charge in [0.2, 0.25) is 0 Å². The van der Waals surface area contributed by atoms with E-state index in [0.29, 0.717) is 23.3 Å². The fraction of sp³-hybridized carbons (Fsp3) is 0.600. The fourth-order valence-electron chi connectivity index (χ4n) is 6.42. The molecule has 2 saturated carbocycles. The predicted molar refractivity (Wildman–Crippen MR) is 134 cm³/mol. The molecule has 2 N–H and O–H groups in total. The highest BCUT2D eigenvalue weighted by Crippen LogP contribution is 2.47. The summed E-state index contributed by atoms with van der Waals surface area (Å²) in [5.41, 5.74) is 6.75. The average molecular weight is 435 g/mol. The minimum Gasteiger partial charge on any atom is -0.507 e. The lowest BCUT2D eigenvalue weighted by Crippen LogP contribution is -2.10. The van der Waals surface area contributed by atoms with Gasteiger partial charge < -0.3 is 10.2 Å². The molecule has 32 heavy (non-hydrogen) atoms. The normalized spacial score (nSPS) is 18.4. The molecule has 2 nitrogen and oxygen atoms in total. The Bertz CT molecular complexity index is 843. The number of benzene rings is 2. The van der Waals surface area contributed by atoms with Crippen molar-refractivity contribution in [3.8, 4) is 11.5 Å². The van der Waals surface area contributed by atoms with E-state index in [1.165, 1.54) is 75.3 Å². The number of phenolic OH excluding ortho intramolecular Hbond substituents is 2. The molecule has 2 fully saturated rings. The lowest BCUT2D eigenvalue weighted by atomic mass is 9.77. The molecule has 2 aliphatic carbocycles. The molecule has 0 bridgehead atoms. The number of phenols is 2. The zero-order chi connectivity index (χ0) is 22.7. The van der Waals surface area contributed by atoms with Crippen molar-refractivity contribution in [1.29, 1.82) is 0 Å². The summed E-state index contributed by atoms with van der Waals surface area (Å²) in [7, 11) is 0. The second-order valence-corrected chi connectivity index (χ2v) is 10.6. The fourth-order valence-corrected chi connectivity index (χ4v) is 6.42. The van der Waals surface area contributed by atoms with Crippen molar-refractivity contribution in [3.05, 3.63) is 57.6 Å². The van der Waals surface area contributed by atoms with E-state index in [2.05, 4.69) is 45.0 Å². The van der Waals surface area contributed by atoms with Gasteiger partial charge in [0.15, 0.2) is 0 Å². The van der Waals surface area contributed by atoms with Crippen LogP contribution in [0, 0.1) is 13.8 Å². The first kappa shape index (κ1) is 23.2. The predicted octanol–water partition coefficient (Wildman–Crippen LogP) is 8.74. The van der Waals surface area contributed by atoms with Gasteiger partial charge in [0, 0.05) is 17.0 Å². The Kier molecular flexibility index (Phi) is 7.48. The standard InChI is InChI=1S/C30H42O2/c1-4-11-24(27-18-20(2)16-25(29(27)31)22-12-7-5-8-13-22)28-19-21(3)17-26(30(28)32)23-14-9-6-10-15-23/h16-19,22-24,31-32H,4-15H2,1-3H3. The minimum absolute atomic E-state index is 0.0319. The lowest BCUT2D eigenvalue weighted by molar-refractivity contribution is 0.403. The Morgan fingerprint density at radius 3 is 1.47 bits per heavy atom. The van der Waals surface area contributed by atoms with Crippen LogP contribution in [-0.2, 0) is 0 Å². The summed E-state index contributed by atoms with van der Waals surface area (Å²) in [6, 6.07) is 8.76. The lowest BCUT2D eigenvalue weighted by Gasteiger charge is -2.29. The third kappa shape index (κ3) is 4.85. The first-order valence-corrected chi connectivity index (χ1v) is 13.2. The van der Waals surface area contributed by atoms with Crippen LogP contribution < -0.4 is 0 Å². The van der Waals surface area contributed by atoms with Gasteiger partial charge in [-0.05, 0) is 68.9 Å². The molecule has 0 aromatic heterocycles. The summed E-state index contributed by atoms with van der Waals surface area (Å²) in [6.45, 7) is 6.51. The average Bonchev–Trinajstić information content (AvgIpc) is 2.81. The third-order valence-electron chi connectivity index (χ3n) is 8.04. The SMILES string of the molecule is CCCC(c1cc(C)cc(C2CCCCC2)c1O)c1cc(C)cc(C2CCCCC2)c1O. The zero-order valence-electron chi connectivity index (χ0n) is 20.4. The Hall–Kier alpha value is -1.96. The summed E-state index contributed by atoms with van der Waals surface area (Å²) in [5, 5.41) is 23.0. The molecule has 2 aromatic carbocycles. The maximum atomic E-state index is 11.5. The van der Waals surface area contributed by atoms with Crippen LogP contribution in [0.25, 0.3) is 0 Å². The summed E-state index contributed by atoms with van der Waals surface area (Å²) >= 11 is 0. The van der Waals surface area contributed by atoms with Crippen LogP contribution in [0.3, 0.4) is 0 Å². The van der Waals surface area contributed by atoms with Crippen molar-refractivity contribution in [2.45, 2.75) is 116 Å². The van der Waals surface area contributed by atoms with E-state index >= 15 is 0 Å². The summed E-state index contributed by atoms with van der Waals surface area (Å²) < 4.78 is 0. The first-order valence-electron chi connectivity index (χ1n) is 13.2. The van der Waals surface area contributed by atoms with E-state index in [1.54, 1.807) is 0 Å². The number of aryl methyl sites for hydroxylation is 2. The van der Waals surface area contributed by atoms with Gasteiger partial charge in [-0.15, -0.1) is 0 Å². The van der Waals surface area contributed by atoms with Crippen molar-refractivity contribution in [3.63, 3.8) is 0 Å². The van der Waals surface area contributed by atoms with Gasteiger partial charge >= 0.3 is 0 Å². The molecule has 0 heterocycles. The van der Waals surface area contributed by atoms with Gasteiger partial charge in [0.1, 0.15) is 11.5 Å². The Labute approximate surface area is 195 Å². The molecule has 2 heteroatoms. The van der Waals surface area contributed by atoms with Crippen LogP contribution >= 0.6 is 0 Å². The maximum Gasteiger partial charge on any atom is 0.122 e. The van der Waals surface area contributed by atoms with Gasteiger partial charge in [0.25, 0.3) is 0 Å². The topological polar surface area (TPSA) is 40.5 Å². The Morgan fingerprint density at radius 2 is 1.09 bits per heavy atom. The summed E-state index contributed by atoms with van der Waals surface area (Å²) in [4.78, 5) is 0. The van der Waals surface area contributed by atoms with Crippen LogP contribution in [-0.4, -0.2) is 10.2 Å². The molecule has 0 amide bonds. The Balaban J connectivity index is 1.79. The van der Waals surface area contributed by atoms with Crippen molar-refractivity contribution in [1.82, 2.24) is 0 Å². The molecule has 2 aromatic rings. The molecule has 0 radical (unpaired) electrons. The molecule has 0 spiro atoms. The minimum atomic E-state index is 0.0319. The van der Waals surface area contributed by atoms with Crippen molar-refractivity contribution < 1.29 is 10.2 Å².